The van der Waals surface area contributed by atoms with Crippen molar-refractivity contribution >= 4 is 50.5 Å². The topological polar surface area (TPSA) is 81.7 Å². The number of carbonyl (C=O) groups excluding carboxylic acids is 1. The SMILES string of the molecule is O=C(NC(C(Cl)(Cl)Cl)S(=O)(=O)c1ccc2c(c1)OCCO2)c1ccccc1. The summed E-state index contributed by atoms with van der Waals surface area (Å²) in [5.74, 6) is -0.00761. The Morgan fingerprint density at radius 2 is 1.63 bits per heavy atom. The monoisotopic (exact) mass is 449 g/mol. The fraction of sp³-hybridized carbons (Fsp3) is 0.235. The summed E-state index contributed by atoms with van der Waals surface area (Å²) >= 11 is 17.7. The molecule has 0 fully saturated rings. The van der Waals surface area contributed by atoms with Gasteiger partial charge in [-0.05, 0) is 24.3 Å². The minimum atomic E-state index is -4.26. The number of rotatable bonds is 4. The Bertz CT molecular complexity index is 945. The van der Waals surface area contributed by atoms with Gasteiger partial charge in [0.1, 0.15) is 13.2 Å². The van der Waals surface area contributed by atoms with Crippen LogP contribution in [0.2, 0.25) is 0 Å². The van der Waals surface area contributed by atoms with Gasteiger partial charge in [0.05, 0.1) is 4.90 Å². The number of hydrogen-bond donors (Lipinski definition) is 1. The van der Waals surface area contributed by atoms with Gasteiger partial charge < -0.3 is 14.8 Å². The number of nitrogens with one attached hydrogen (secondary N) is 1. The molecule has 2 aromatic rings. The highest BCUT2D eigenvalue weighted by molar-refractivity contribution is 7.92. The van der Waals surface area contributed by atoms with Crippen molar-refractivity contribution in [2.45, 2.75) is 14.1 Å². The van der Waals surface area contributed by atoms with Crippen LogP contribution in [0.25, 0.3) is 0 Å². The summed E-state index contributed by atoms with van der Waals surface area (Å²) < 4.78 is 34.6. The summed E-state index contributed by atoms with van der Waals surface area (Å²) in [6.45, 7) is 0.651. The molecular formula is C17H14Cl3NO5S. The van der Waals surface area contributed by atoms with Crippen molar-refractivity contribution in [3.8, 4) is 11.5 Å². The van der Waals surface area contributed by atoms with Crippen molar-refractivity contribution < 1.29 is 22.7 Å². The first kappa shape index (κ1) is 20.1. The third-order valence-electron chi connectivity index (χ3n) is 3.75. The average Bonchev–Trinajstić information content (AvgIpc) is 2.65. The lowest BCUT2D eigenvalue weighted by Gasteiger charge is -2.26. The zero-order valence-corrected chi connectivity index (χ0v) is 16.8. The molecule has 1 aliphatic rings. The highest BCUT2D eigenvalue weighted by Gasteiger charge is 2.45. The molecule has 2 aromatic carbocycles. The predicted octanol–water partition coefficient (Wildman–Crippen LogP) is 3.36. The molecule has 1 heterocycles. The molecule has 6 nitrogen and oxygen atoms in total. The zero-order chi connectivity index (χ0) is 19.7. The van der Waals surface area contributed by atoms with Gasteiger partial charge in [0.2, 0.25) is 13.6 Å². The molecule has 3 rings (SSSR count). The van der Waals surface area contributed by atoms with E-state index in [1.807, 2.05) is 0 Å². The maximum Gasteiger partial charge on any atom is 0.252 e. The standard InChI is InChI=1S/C17H14Cl3NO5S/c18-17(19,20)16(21-15(22)11-4-2-1-3-5-11)27(23,24)12-6-7-13-14(10-12)26-9-8-25-13/h1-7,10,16H,8-9H2,(H,21,22). The molecule has 1 atom stereocenters. The normalized spacial score (nSPS) is 15.1. The number of alkyl halides is 3. The molecule has 0 bridgehead atoms. The fourth-order valence-corrected chi connectivity index (χ4v) is 5.10. The Labute approximate surface area is 171 Å². The zero-order valence-electron chi connectivity index (χ0n) is 13.7. The molecule has 1 amide bonds. The quantitative estimate of drug-likeness (QED) is 0.722. The number of carbonyl (C=O) groups is 1. The first-order valence-corrected chi connectivity index (χ1v) is 10.4. The van der Waals surface area contributed by atoms with E-state index in [-0.39, 0.29) is 22.8 Å². The lowest BCUT2D eigenvalue weighted by atomic mass is 10.2. The van der Waals surface area contributed by atoms with Crippen LogP contribution in [0.15, 0.2) is 53.4 Å². The summed E-state index contributed by atoms with van der Waals surface area (Å²) in [5.41, 5.74) is 0.231. The van der Waals surface area contributed by atoms with Crippen LogP contribution in [-0.2, 0) is 9.84 Å². The summed E-state index contributed by atoms with van der Waals surface area (Å²) in [4.78, 5) is 12.2. The molecular weight excluding hydrogens is 437 g/mol. The Morgan fingerprint density at radius 3 is 2.26 bits per heavy atom. The van der Waals surface area contributed by atoms with Crippen molar-refractivity contribution in [3.05, 3.63) is 54.1 Å². The van der Waals surface area contributed by atoms with E-state index in [2.05, 4.69) is 5.32 Å². The van der Waals surface area contributed by atoms with Gasteiger partial charge >= 0.3 is 0 Å². The van der Waals surface area contributed by atoms with E-state index < -0.39 is 24.9 Å². The molecule has 1 unspecified atom stereocenters. The number of fused-ring (bicyclic) bond motifs is 1. The van der Waals surface area contributed by atoms with Crippen LogP contribution in [0.4, 0.5) is 0 Å². The lowest BCUT2D eigenvalue weighted by Crippen LogP contribution is -2.49. The Kier molecular flexibility index (Phi) is 5.76. The Morgan fingerprint density at radius 1 is 1.00 bits per heavy atom. The van der Waals surface area contributed by atoms with E-state index >= 15 is 0 Å². The van der Waals surface area contributed by atoms with Crippen LogP contribution >= 0.6 is 34.8 Å². The molecule has 0 radical (unpaired) electrons. The van der Waals surface area contributed by atoms with E-state index in [0.717, 1.165) is 0 Å². The van der Waals surface area contributed by atoms with Crippen LogP contribution in [0, 0.1) is 0 Å². The van der Waals surface area contributed by atoms with Gasteiger partial charge in [-0.3, -0.25) is 4.79 Å². The molecule has 0 aliphatic carbocycles. The van der Waals surface area contributed by atoms with Gasteiger partial charge in [0.25, 0.3) is 5.91 Å². The van der Waals surface area contributed by atoms with Crippen molar-refractivity contribution in [2.75, 3.05) is 13.2 Å². The van der Waals surface area contributed by atoms with Gasteiger partial charge in [0, 0.05) is 11.6 Å². The van der Waals surface area contributed by atoms with Gasteiger partial charge in [-0.1, -0.05) is 53.0 Å². The van der Waals surface area contributed by atoms with Gasteiger partial charge in [-0.15, -0.1) is 0 Å². The van der Waals surface area contributed by atoms with E-state index in [9.17, 15) is 13.2 Å². The number of hydrogen-bond acceptors (Lipinski definition) is 5. The second kappa shape index (κ2) is 7.75. The summed E-state index contributed by atoms with van der Waals surface area (Å²) in [7, 11) is -4.26. The van der Waals surface area contributed by atoms with Crippen LogP contribution in [-0.4, -0.2) is 36.7 Å². The van der Waals surface area contributed by atoms with Crippen LogP contribution in [0.3, 0.4) is 0 Å². The maximum atomic E-state index is 13.1. The molecule has 0 saturated heterocycles. The van der Waals surface area contributed by atoms with E-state index in [0.29, 0.717) is 12.4 Å². The third-order valence-corrected chi connectivity index (χ3v) is 6.79. The summed E-state index contributed by atoms with van der Waals surface area (Å²) in [6.07, 6.45) is 0. The minimum Gasteiger partial charge on any atom is -0.486 e. The highest BCUT2D eigenvalue weighted by atomic mass is 35.6. The summed E-state index contributed by atoms with van der Waals surface area (Å²) in [5, 5.41) is 0.483. The van der Waals surface area contributed by atoms with Gasteiger partial charge in [-0.2, -0.15) is 0 Å². The maximum absolute atomic E-state index is 13.1. The molecule has 0 spiro atoms. The van der Waals surface area contributed by atoms with Crippen molar-refractivity contribution in [3.63, 3.8) is 0 Å². The third kappa shape index (κ3) is 4.43. The Balaban J connectivity index is 1.95. The predicted molar refractivity (Wildman–Crippen MR) is 103 cm³/mol. The lowest BCUT2D eigenvalue weighted by molar-refractivity contribution is 0.0948. The number of halogens is 3. The van der Waals surface area contributed by atoms with Crippen LogP contribution < -0.4 is 14.8 Å². The second-order valence-corrected chi connectivity index (χ2v) is 10.0. The largest absolute Gasteiger partial charge is 0.486 e. The number of amides is 1. The first-order valence-electron chi connectivity index (χ1n) is 7.76. The second-order valence-electron chi connectivity index (χ2n) is 5.61. The molecule has 1 aliphatic heterocycles. The number of sulfone groups is 1. The smallest absolute Gasteiger partial charge is 0.252 e. The molecule has 27 heavy (non-hydrogen) atoms. The van der Waals surface area contributed by atoms with Crippen LogP contribution in [0.1, 0.15) is 10.4 Å². The molecule has 10 heteroatoms. The van der Waals surface area contributed by atoms with Crippen molar-refractivity contribution in [2.24, 2.45) is 0 Å². The van der Waals surface area contributed by atoms with Crippen molar-refractivity contribution in [1.82, 2.24) is 5.32 Å². The number of benzene rings is 2. The number of ether oxygens (including phenoxy) is 2. The van der Waals surface area contributed by atoms with Crippen molar-refractivity contribution in [1.29, 1.82) is 0 Å². The van der Waals surface area contributed by atoms with Crippen LogP contribution in [0.5, 0.6) is 11.5 Å². The molecule has 0 aromatic heterocycles. The fourth-order valence-electron chi connectivity index (χ4n) is 2.46. The first-order chi connectivity index (χ1) is 12.7. The molecule has 1 N–H and O–H groups in total. The average molecular weight is 451 g/mol. The highest BCUT2D eigenvalue weighted by Crippen LogP contribution is 2.38. The van der Waals surface area contributed by atoms with E-state index in [4.69, 9.17) is 44.3 Å². The molecule has 0 saturated carbocycles. The molecule has 144 valence electrons. The van der Waals surface area contributed by atoms with Gasteiger partial charge in [-0.25, -0.2) is 8.42 Å². The summed E-state index contributed by atoms with van der Waals surface area (Å²) in [6, 6.07) is 12.1. The Hall–Kier alpha value is -1.67. The van der Waals surface area contributed by atoms with E-state index in [1.54, 1.807) is 18.2 Å². The van der Waals surface area contributed by atoms with E-state index in [1.165, 1.54) is 30.3 Å². The minimum absolute atomic E-state index is 0.170. The van der Waals surface area contributed by atoms with Gasteiger partial charge in [0.15, 0.2) is 16.9 Å².